The summed E-state index contributed by atoms with van der Waals surface area (Å²) >= 11 is 5.62. The highest BCUT2D eigenvalue weighted by Crippen LogP contribution is 2.37. The Morgan fingerprint density at radius 3 is 1.55 bits per heavy atom. The number of pyridine rings is 3. The van der Waals surface area contributed by atoms with Crippen LogP contribution in [0.25, 0.3) is 43.1 Å². The van der Waals surface area contributed by atoms with Crippen LogP contribution >= 0.6 is 11.6 Å². The van der Waals surface area contributed by atoms with Crippen LogP contribution in [-0.4, -0.2) is 29.5 Å². The van der Waals surface area contributed by atoms with Gasteiger partial charge in [0.25, 0.3) is 28.1 Å². The molecule has 3 saturated carbocycles. The summed E-state index contributed by atoms with van der Waals surface area (Å²) in [5, 5.41) is 27.9. The van der Waals surface area contributed by atoms with Crippen LogP contribution in [0.1, 0.15) is 87.0 Å². The van der Waals surface area contributed by atoms with Gasteiger partial charge in [-0.2, -0.15) is 13.2 Å². The number of benzene rings is 5. The Morgan fingerprint density at radius 1 is 0.603 bits per heavy atom. The molecule has 9 aromatic rings. The standard InChI is InChI=1S/C22H18ClF3N2O2.C13H12N2O3.C13H14N2O.C9H5NO4/c23-18-8-7-13(11-17(18)22(24,25)26)12-20(29)27-19-6-2-5-16-15(19)9-10-28(21(16)30)14-3-1-4-14;16-13-11-5-2-6-12(15(17)18)10(11)7-8-14(13)9-3-1-4-9;14-12-6-2-5-11-10(12)7-8-15(13(11)16)9-3-1-4-9;11-9-7-2-1-3-8(10(12)13)6(7)4-5-14-9/h2,5-11,14H,1,3-4,12H2,(H,27,29);2,5-9H,1,3-4H2;2,5-9H,1,3-4,14H2;1-5H. The third kappa shape index (κ3) is 11.3. The number of non-ortho nitro benzene ring substituents is 2. The number of hydrogen-bond donors (Lipinski definition) is 2. The minimum Gasteiger partial charge on any atom is -0.431 e. The Labute approximate surface area is 445 Å². The van der Waals surface area contributed by atoms with Crippen molar-refractivity contribution in [1.29, 1.82) is 0 Å². The first-order valence-corrected chi connectivity index (χ1v) is 25.4. The molecule has 3 aliphatic rings. The molecule has 400 valence electrons. The van der Waals surface area contributed by atoms with Gasteiger partial charge in [0.05, 0.1) is 54.7 Å². The van der Waals surface area contributed by atoms with Crippen molar-refractivity contribution in [1.82, 2.24) is 13.7 Å². The Kier molecular flexibility index (Phi) is 15.7. The van der Waals surface area contributed by atoms with Gasteiger partial charge in [0.15, 0.2) is 0 Å². The van der Waals surface area contributed by atoms with Gasteiger partial charge in [-0.1, -0.05) is 41.9 Å². The van der Waals surface area contributed by atoms with Gasteiger partial charge in [0.2, 0.25) is 5.91 Å². The van der Waals surface area contributed by atoms with Gasteiger partial charge in [-0.05, 0) is 136 Å². The van der Waals surface area contributed by atoms with Gasteiger partial charge >= 0.3 is 11.8 Å². The Balaban J connectivity index is 0.000000133. The molecule has 0 spiro atoms. The summed E-state index contributed by atoms with van der Waals surface area (Å²) < 4.78 is 49.0. The lowest BCUT2D eigenvalue weighted by Crippen LogP contribution is -2.28. The Hall–Kier alpha value is -8.91. The molecule has 3 aliphatic carbocycles. The molecule has 0 saturated heterocycles. The van der Waals surface area contributed by atoms with Crippen molar-refractivity contribution in [3.63, 3.8) is 0 Å². The number of rotatable bonds is 8. The molecule has 78 heavy (non-hydrogen) atoms. The zero-order chi connectivity index (χ0) is 55.4. The van der Waals surface area contributed by atoms with Crippen molar-refractivity contribution >= 4 is 83.3 Å². The summed E-state index contributed by atoms with van der Waals surface area (Å²) in [5.41, 5.74) is 5.38. The van der Waals surface area contributed by atoms with E-state index >= 15 is 0 Å². The SMILES string of the molecule is Nc1cccc2c(=O)n(C3CCC3)ccc12.O=C(Cc1ccc(Cl)c(C(F)(F)F)c1)Nc1cccc2c(=O)n(C3CCC3)ccc12.O=c1c2cccc([N+](=O)[O-])c2ccn1C1CCC1.O=c1occc2c([N+](=O)[O-])cccc12. The monoisotopic (exact) mass is 1080 g/mol. The predicted molar refractivity (Wildman–Crippen MR) is 292 cm³/mol. The maximum atomic E-state index is 13.0. The van der Waals surface area contributed by atoms with Crippen molar-refractivity contribution in [3.05, 3.63) is 218 Å². The fourth-order valence-electron chi connectivity index (χ4n) is 9.58. The van der Waals surface area contributed by atoms with Gasteiger partial charge in [-0.3, -0.25) is 39.4 Å². The lowest BCUT2D eigenvalue weighted by Gasteiger charge is -2.27. The highest BCUT2D eigenvalue weighted by atomic mass is 35.5. The van der Waals surface area contributed by atoms with E-state index in [0.29, 0.717) is 44.3 Å². The molecule has 3 fully saturated rings. The fraction of sp³-hybridized carbons (Fsp3) is 0.246. The highest BCUT2D eigenvalue weighted by molar-refractivity contribution is 6.31. The van der Waals surface area contributed by atoms with Gasteiger partial charge in [0.1, 0.15) is 0 Å². The fourth-order valence-corrected chi connectivity index (χ4v) is 9.81. The summed E-state index contributed by atoms with van der Waals surface area (Å²) in [5.74, 6) is -0.485. The first-order valence-electron chi connectivity index (χ1n) is 25.0. The molecule has 3 N–H and O–H groups in total. The van der Waals surface area contributed by atoms with Crippen LogP contribution in [0.2, 0.25) is 5.02 Å². The first kappa shape index (κ1) is 53.9. The Morgan fingerprint density at radius 2 is 1.05 bits per heavy atom. The van der Waals surface area contributed by atoms with E-state index in [9.17, 15) is 57.4 Å². The maximum absolute atomic E-state index is 13.0. The summed E-state index contributed by atoms with van der Waals surface area (Å²) in [6.45, 7) is 0. The van der Waals surface area contributed by atoms with Crippen molar-refractivity contribution in [2.75, 3.05) is 11.1 Å². The van der Waals surface area contributed by atoms with E-state index in [1.54, 1.807) is 64.0 Å². The van der Waals surface area contributed by atoms with Gasteiger partial charge in [-0.15, -0.1) is 0 Å². The third-order valence-corrected chi connectivity index (χ3v) is 14.7. The molecule has 0 bridgehead atoms. The molecule has 0 unspecified atom stereocenters. The van der Waals surface area contributed by atoms with Crippen LogP contribution in [0.5, 0.6) is 0 Å². The molecule has 0 radical (unpaired) electrons. The number of nitro groups is 2. The number of amides is 1. The maximum Gasteiger partial charge on any atom is 0.417 e. The first-order chi connectivity index (χ1) is 37.4. The normalized spacial score (nSPS) is 14.4. The summed E-state index contributed by atoms with van der Waals surface area (Å²) in [6, 6.07) is 30.6. The number of nitrogens with one attached hydrogen (secondary N) is 1. The number of nitrogens with zero attached hydrogens (tertiary/aromatic N) is 5. The van der Waals surface area contributed by atoms with Crippen LogP contribution in [0.15, 0.2) is 164 Å². The van der Waals surface area contributed by atoms with E-state index in [4.69, 9.17) is 17.3 Å². The van der Waals surface area contributed by atoms with Crippen molar-refractivity contribution in [3.8, 4) is 0 Å². The number of nitro benzene ring substituents is 2. The molecule has 21 heteroatoms. The van der Waals surface area contributed by atoms with Crippen molar-refractivity contribution < 1.29 is 32.2 Å². The number of hydrogen-bond acceptors (Lipinski definition) is 11. The number of alkyl halides is 3. The molecule has 12 rings (SSSR count). The second-order valence-corrected chi connectivity index (χ2v) is 19.6. The van der Waals surface area contributed by atoms with Crippen LogP contribution in [-0.2, 0) is 17.4 Å². The average Bonchev–Trinajstić information content (AvgIpc) is 3.42. The molecule has 4 heterocycles. The topological polar surface area (TPSA) is 238 Å². The van der Waals surface area contributed by atoms with Gasteiger partial charge in [-0.25, -0.2) is 4.79 Å². The highest BCUT2D eigenvalue weighted by Gasteiger charge is 2.33. The number of anilines is 2. The minimum absolute atomic E-state index is 0.00893. The predicted octanol–water partition coefficient (Wildman–Crippen LogP) is 12.2. The van der Waals surface area contributed by atoms with Crippen molar-refractivity contribution in [2.45, 2.75) is 88.5 Å². The van der Waals surface area contributed by atoms with E-state index in [0.717, 1.165) is 80.5 Å². The summed E-state index contributed by atoms with van der Waals surface area (Å²) in [4.78, 5) is 81.5. The number of nitrogens with two attached hydrogens (primary N) is 1. The lowest BCUT2D eigenvalue weighted by molar-refractivity contribution is -0.383. The molecule has 4 aromatic heterocycles. The van der Waals surface area contributed by atoms with E-state index in [1.165, 1.54) is 42.8 Å². The van der Waals surface area contributed by atoms with E-state index < -0.39 is 38.1 Å². The smallest absolute Gasteiger partial charge is 0.417 e. The van der Waals surface area contributed by atoms with E-state index in [2.05, 4.69) is 9.73 Å². The quantitative estimate of drug-likeness (QED) is 0.0824. The number of carbonyl (C=O) groups excluding carboxylic acids is 1. The summed E-state index contributed by atoms with van der Waals surface area (Å²) in [7, 11) is 0. The lowest BCUT2D eigenvalue weighted by atomic mass is 9.92. The summed E-state index contributed by atoms with van der Waals surface area (Å²) in [6.07, 6.45) is 11.3. The zero-order valence-corrected chi connectivity index (χ0v) is 42.2. The number of aromatic nitrogens is 3. The van der Waals surface area contributed by atoms with Crippen LogP contribution in [0.4, 0.5) is 35.9 Å². The van der Waals surface area contributed by atoms with Crippen LogP contribution in [0.3, 0.4) is 0 Å². The number of carbonyl (C=O) groups is 1. The average molecular weight is 1080 g/mol. The molecule has 17 nitrogen and oxygen atoms in total. The van der Waals surface area contributed by atoms with Crippen molar-refractivity contribution in [2.24, 2.45) is 0 Å². The number of halogens is 4. The second kappa shape index (κ2) is 22.7. The van der Waals surface area contributed by atoms with E-state index in [-0.39, 0.29) is 57.5 Å². The minimum atomic E-state index is -4.60. The van der Waals surface area contributed by atoms with Crippen LogP contribution < -0.4 is 33.4 Å². The van der Waals surface area contributed by atoms with Crippen LogP contribution in [0, 0.1) is 20.2 Å². The van der Waals surface area contributed by atoms with Gasteiger partial charge in [0, 0.05) is 81.8 Å². The third-order valence-electron chi connectivity index (χ3n) is 14.4. The number of nitrogen functional groups attached to an aromatic ring is 1. The molecule has 0 aliphatic heterocycles. The molecule has 1 amide bonds. The second-order valence-electron chi connectivity index (χ2n) is 19.1. The largest absolute Gasteiger partial charge is 0.431 e. The molecular formula is C57H49ClF3N7O10. The van der Waals surface area contributed by atoms with Gasteiger partial charge < -0.3 is 29.2 Å². The zero-order valence-electron chi connectivity index (χ0n) is 41.5. The Bertz CT molecular complexity index is 4050. The molecule has 5 aromatic carbocycles. The molecular weight excluding hydrogens is 1040 g/mol. The number of fused-ring (bicyclic) bond motifs is 4. The molecule has 0 atom stereocenters. The van der Waals surface area contributed by atoms with E-state index in [1.807, 2.05) is 35.0 Å².